The molecule has 17 heavy (non-hydrogen) atoms. The van der Waals surface area contributed by atoms with Gasteiger partial charge in [0.15, 0.2) is 0 Å². The van der Waals surface area contributed by atoms with Gasteiger partial charge in [0, 0.05) is 6.04 Å². The molecule has 1 aliphatic rings. The first-order chi connectivity index (χ1) is 8.22. The molecule has 1 N–H and O–H groups in total. The number of nitrogens with zero attached hydrogens (tertiary/aromatic N) is 1. The van der Waals surface area contributed by atoms with Gasteiger partial charge in [-0.25, -0.2) is 4.39 Å². The number of nitrogens with one attached hydrogen (secondary N) is 1. The Morgan fingerprint density at radius 1 is 1.53 bits per heavy atom. The molecule has 3 heteroatoms. The summed E-state index contributed by atoms with van der Waals surface area (Å²) < 4.78 is 13.7. The average Bonchev–Trinajstić information content (AvgIpc) is 3.14. The SMILES string of the molecule is CCC(CC1CC1)Nc1ccc(C#N)cc1F. The van der Waals surface area contributed by atoms with Crippen molar-refractivity contribution in [3.05, 3.63) is 29.6 Å². The van der Waals surface area contributed by atoms with Crippen molar-refractivity contribution in [2.45, 2.75) is 38.6 Å². The zero-order valence-corrected chi connectivity index (χ0v) is 10.0. The highest BCUT2D eigenvalue weighted by Crippen LogP contribution is 2.35. The largest absolute Gasteiger partial charge is 0.380 e. The van der Waals surface area contributed by atoms with Crippen molar-refractivity contribution in [1.82, 2.24) is 0 Å². The maximum absolute atomic E-state index is 13.7. The molecule has 0 bridgehead atoms. The number of anilines is 1. The second-order valence-electron chi connectivity index (χ2n) is 4.74. The third-order valence-electron chi connectivity index (χ3n) is 3.27. The molecule has 2 nitrogen and oxygen atoms in total. The van der Waals surface area contributed by atoms with Crippen LogP contribution in [0.25, 0.3) is 0 Å². The van der Waals surface area contributed by atoms with Crippen LogP contribution >= 0.6 is 0 Å². The fraction of sp³-hybridized carbons (Fsp3) is 0.500. The summed E-state index contributed by atoms with van der Waals surface area (Å²) in [7, 11) is 0. The van der Waals surface area contributed by atoms with E-state index in [9.17, 15) is 4.39 Å². The van der Waals surface area contributed by atoms with E-state index in [4.69, 9.17) is 5.26 Å². The van der Waals surface area contributed by atoms with Gasteiger partial charge in [-0.2, -0.15) is 5.26 Å². The predicted molar refractivity (Wildman–Crippen MR) is 66.2 cm³/mol. The summed E-state index contributed by atoms with van der Waals surface area (Å²) in [5.41, 5.74) is 0.875. The molecule has 1 aromatic carbocycles. The molecular formula is C14H17FN2. The molecule has 0 aliphatic heterocycles. The Morgan fingerprint density at radius 2 is 2.29 bits per heavy atom. The lowest BCUT2D eigenvalue weighted by Gasteiger charge is -2.18. The summed E-state index contributed by atoms with van der Waals surface area (Å²) in [4.78, 5) is 0. The first-order valence-electron chi connectivity index (χ1n) is 6.19. The molecule has 1 unspecified atom stereocenters. The molecule has 1 fully saturated rings. The molecule has 0 aromatic heterocycles. The van der Waals surface area contributed by atoms with Gasteiger partial charge in [0.05, 0.1) is 17.3 Å². The standard InChI is InChI=1S/C14H17FN2/c1-2-12(7-10-3-4-10)17-14-6-5-11(9-16)8-13(14)15/h5-6,8,10,12,17H,2-4,7H2,1H3. The van der Waals surface area contributed by atoms with Gasteiger partial charge in [-0.1, -0.05) is 19.8 Å². The minimum Gasteiger partial charge on any atom is -0.380 e. The van der Waals surface area contributed by atoms with Gasteiger partial charge in [0.25, 0.3) is 0 Å². The van der Waals surface area contributed by atoms with Crippen molar-refractivity contribution in [2.24, 2.45) is 5.92 Å². The molecular weight excluding hydrogens is 215 g/mol. The minimum atomic E-state index is -0.335. The highest BCUT2D eigenvalue weighted by Gasteiger charge is 2.24. The van der Waals surface area contributed by atoms with Gasteiger partial charge in [-0.3, -0.25) is 0 Å². The number of nitriles is 1. The van der Waals surface area contributed by atoms with Crippen LogP contribution in [0.1, 0.15) is 38.2 Å². The van der Waals surface area contributed by atoms with Crippen LogP contribution in [0.15, 0.2) is 18.2 Å². The van der Waals surface area contributed by atoms with Crippen molar-refractivity contribution in [3.63, 3.8) is 0 Å². The first-order valence-corrected chi connectivity index (χ1v) is 6.19. The van der Waals surface area contributed by atoms with Crippen LogP contribution < -0.4 is 5.32 Å². The zero-order chi connectivity index (χ0) is 12.3. The van der Waals surface area contributed by atoms with E-state index < -0.39 is 0 Å². The monoisotopic (exact) mass is 232 g/mol. The summed E-state index contributed by atoms with van der Waals surface area (Å²) in [6.45, 7) is 2.11. The molecule has 2 rings (SSSR count). The van der Waals surface area contributed by atoms with Crippen LogP contribution in [-0.4, -0.2) is 6.04 Å². The number of hydrogen-bond donors (Lipinski definition) is 1. The molecule has 1 aromatic rings. The quantitative estimate of drug-likeness (QED) is 0.840. The van der Waals surface area contributed by atoms with Crippen molar-refractivity contribution in [1.29, 1.82) is 5.26 Å². The first kappa shape index (κ1) is 11.9. The molecule has 90 valence electrons. The lowest BCUT2D eigenvalue weighted by atomic mass is 10.1. The lowest BCUT2D eigenvalue weighted by Crippen LogP contribution is -2.19. The molecule has 1 saturated carbocycles. The normalized spacial score (nSPS) is 16.3. The van der Waals surface area contributed by atoms with E-state index in [2.05, 4.69) is 12.2 Å². The van der Waals surface area contributed by atoms with Crippen LogP contribution in [0, 0.1) is 23.1 Å². The number of rotatable bonds is 5. The van der Waals surface area contributed by atoms with E-state index in [0.29, 0.717) is 17.3 Å². The second kappa shape index (κ2) is 5.18. The summed E-state index contributed by atoms with van der Waals surface area (Å²) in [5, 5.41) is 11.9. The number of benzene rings is 1. The van der Waals surface area contributed by atoms with E-state index >= 15 is 0 Å². The molecule has 0 heterocycles. The summed E-state index contributed by atoms with van der Waals surface area (Å²) in [6, 6.07) is 6.86. The van der Waals surface area contributed by atoms with Gasteiger partial charge >= 0.3 is 0 Å². The average molecular weight is 232 g/mol. The highest BCUT2D eigenvalue weighted by atomic mass is 19.1. The fourth-order valence-electron chi connectivity index (χ4n) is 2.01. The van der Waals surface area contributed by atoms with E-state index in [1.54, 1.807) is 12.1 Å². The topological polar surface area (TPSA) is 35.8 Å². The Hall–Kier alpha value is -1.56. The highest BCUT2D eigenvalue weighted by molar-refractivity contribution is 5.49. The molecule has 1 aliphatic carbocycles. The summed E-state index contributed by atoms with van der Waals surface area (Å²) in [5.74, 6) is 0.493. The van der Waals surface area contributed by atoms with Crippen LogP contribution in [-0.2, 0) is 0 Å². The van der Waals surface area contributed by atoms with E-state index in [1.165, 1.54) is 18.9 Å². The van der Waals surface area contributed by atoms with E-state index in [1.807, 2.05) is 6.07 Å². The molecule has 0 radical (unpaired) electrons. The van der Waals surface area contributed by atoms with Gasteiger partial charge in [-0.05, 0) is 37.0 Å². The van der Waals surface area contributed by atoms with Gasteiger partial charge in [-0.15, -0.1) is 0 Å². The Bertz CT molecular complexity index is 432. The Balaban J connectivity index is 2.03. The molecule has 0 saturated heterocycles. The van der Waals surface area contributed by atoms with Crippen LogP contribution in [0.5, 0.6) is 0 Å². The Kier molecular flexibility index (Phi) is 3.63. The zero-order valence-electron chi connectivity index (χ0n) is 10.0. The molecule has 1 atom stereocenters. The van der Waals surface area contributed by atoms with Gasteiger partial charge in [0.1, 0.15) is 5.82 Å². The number of hydrogen-bond acceptors (Lipinski definition) is 2. The maximum Gasteiger partial charge on any atom is 0.147 e. The van der Waals surface area contributed by atoms with Crippen molar-refractivity contribution >= 4 is 5.69 Å². The smallest absolute Gasteiger partial charge is 0.147 e. The van der Waals surface area contributed by atoms with Crippen molar-refractivity contribution in [2.75, 3.05) is 5.32 Å². The molecule has 0 spiro atoms. The van der Waals surface area contributed by atoms with Crippen LogP contribution in [0.2, 0.25) is 0 Å². The predicted octanol–water partition coefficient (Wildman–Crippen LogP) is 3.69. The second-order valence-corrected chi connectivity index (χ2v) is 4.74. The Morgan fingerprint density at radius 3 is 2.82 bits per heavy atom. The summed E-state index contributed by atoms with van der Waals surface area (Å²) >= 11 is 0. The summed E-state index contributed by atoms with van der Waals surface area (Å²) in [6.07, 6.45) is 4.74. The molecule has 0 amide bonds. The van der Waals surface area contributed by atoms with E-state index in [0.717, 1.165) is 18.8 Å². The maximum atomic E-state index is 13.7. The van der Waals surface area contributed by atoms with Crippen molar-refractivity contribution in [3.8, 4) is 6.07 Å². The van der Waals surface area contributed by atoms with E-state index in [-0.39, 0.29) is 5.82 Å². The third-order valence-corrected chi connectivity index (χ3v) is 3.27. The lowest BCUT2D eigenvalue weighted by molar-refractivity contribution is 0.575. The fourth-order valence-corrected chi connectivity index (χ4v) is 2.01. The third kappa shape index (κ3) is 3.20. The van der Waals surface area contributed by atoms with Crippen LogP contribution in [0.3, 0.4) is 0 Å². The van der Waals surface area contributed by atoms with Crippen LogP contribution in [0.4, 0.5) is 10.1 Å². The minimum absolute atomic E-state index is 0.335. The van der Waals surface area contributed by atoms with Gasteiger partial charge in [0.2, 0.25) is 0 Å². The van der Waals surface area contributed by atoms with Crippen molar-refractivity contribution < 1.29 is 4.39 Å². The Labute approximate surface area is 101 Å². The van der Waals surface area contributed by atoms with Gasteiger partial charge < -0.3 is 5.32 Å². The number of halogens is 1.